The van der Waals surface area contributed by atoms with Crippen LogP contribution in [0.5, 0.6) is 0 Å². The van der Waals surface area contributed by atoms with E-state index in [1.807, 2.05) is 0 Å². The van der Waals surface area contributed by atoms with Crippen LogP contribution in [0.25, 0.3) is 0 Å². The molecule has 10 fully saturated rings. The molecular formula is C76H122N2O35. The maximum Gasteiger partial charge on any atom is 0.410 e. The minimum atomic E-state index is -2.23. The lowest BCUT2D eigenvalue weighted by Gasteiger charge is -2.72. The van der Waals surface area contributed by atoms with Gasteiger partial charge >= 0.3 is 18.0 Å². The maximum absolute atomic E-state index is 15.2. The standard InChI is InChI=1S/C76H122N2O35/c1-33-58(108-64-53(94)47(88)36(82)30-102-64)52(93)56(97)66(104-33)111-61-50(91)46(77-44(85)16-14-12-10-8-9-11-13-15-17-45(86)87)38(28-79)105-68(61)113-70(101)78-76-25-24-71(2,3)26-35(76)34-18-19-41-72(4)22-21-43(73(5,32-81)40(72)20-23-74(41,6)75(34,7)27-42(76)84)107-69-62(112-67-55(96)51(92)49(90)39(29-80)106-67)59(57(98)60(110-69)63(99)100)109-65-54(95)48(89)37(83)31-103-65/h18,32-33,35-43,46-62,64-69,79-80,82-84,88-98H,8-17,19-31H2,1-7H3,(H,77,85)(H,78,101)(H,86,87)(H,99,100)/t33?,35?,36-,37-,38?,39?,40-,41?,42?,43+,46+,47?,48-,49+,50?,51+,52?,53?,54?,55?,56?,57+,58+,59+,60?,61?,62?,64+,65+,66+,67+,68-,69-,72?,73-,74?,75-,76-/m1/s1. The third kappa shape index (κ3) is 17.7. The highest BCUT2D eigenvalue weighted by molar-refractivity contribution is 5.76. The molecule has 37 heteroatoms. The number of fused-ring (bicyclic) bond motifs is 7. The molecule has 6 saturated heterocycles. The minimum Gasteiger partial charge on any atom is -0.481 e. The predicted molar refractivity (Wildman–Crippen MR) is 381 cm³/mol. The van der Waals surface area contributed by atoms with Crippen LogP contribution in [0.4, 0.5) is 4.79 Å². The van der Waals surface area contributed by atoms with Crippen LogP contribution in [0.1, 0.15) is 170 Å². The number of carboxylic acid groups (broad SMARTS) is 2. The number of carbonyl (C=O) groups excluding carboxylic acids is 3. The molecule has 113 heavy (non-hydrogen) atoms. The fourth-order valence-corrected chi connectivity index (χ4v) is 20.9. The summed E-state index contributed by atoms with van der Waals surface area (Å²) in [5.74, 6) is -4.40. The zero-order chi connectivity index (χ0) is 82.5. The number of alkyl carbamates (subject to hydrolysis) is 1. The van der Waals surface area contributed by atoms with Crippen molar-refractivity contribution in [2.24, 2.45) is 44.8 Å². The summed E-state index contributed by atoms with van der Waals surface area (Å²) in [4.78, 5) is 67.2. The van der Waals surface area contributed by atoms with E-state index in [2.05, 4.69) is 51.3 Å². The summed E-state index contributed by atoms with van der Waals surface area (Å²) in [5, 5.41) is 203. The molecule has 0 bridgehead atoms. The molecule has 4 saturated carbocycles. The maximum atomic E-state index is 15.2. The Kier molecular flexibility index (Phi) is 28.7. The Morgan fingerprint density at radius 1 is 0.531 bits per heavy atom. The molecule has 6 aliphatic heterocycles. The summed E-state index contributed by atoms with van der Waals surface area (Å²) in [6.45, 7) is 10.9. The average molecular weight is 1620 g/mol. The summed E-state index contributed by atoms with van der Waals surface area (Å²) < 4.78 is 72.4. The quantitative estimate of drug-likeness (QED) is 0.0163. The number of carbonyl (C=O) groups is 5. The van der Waals surface area contributed by atoms with Gasteiger partial charge in [0.1, 0.15) is 116 Å². The van der Waals surface area contributed by atoms with Gasteiger partial charge in [-0.2, -0.15) is 0 Å². The third-order valence-electron chi connectivity index (χ3n) is 27.6. The van der Waals surface area contributed by atoms with Gasteiger partial charge < -0.3 is 164 Å². The topological polar surface area (TPSA) is 584 Å². The van der Waals surface area contributed by atoms with Crippen LogP contribution >= 0.6 is 0 Å². The van der Waals surface area contributed by atoms with E-state index >= 15 is 4.79 Å². The van der Waals surface area contributed by atoms with Crippen molar-refractivity contribution in [3.63, 3.8) is 0 Å². The Bertz CT molecular complexity index is 3270. The smallest absolute Gasteiger partial charge is 0.410 e. The van der Waals surface area contributed by atoms with Crippen molar-refractivity contribution in [2.45, 2.75) is 360 Å². The van der Waals surface area contributed by atoms with E-state index in [1.54, 1.807) is 6.92 Å². The van der Waals surface area contributed by atoms with Crippen molar-refractivity contribution in [3.05, 3.63) is 11.6 Å². The first-order valence-corrected chi connectivity index (χ1v) is 40.0. The first-order chi connectivity index (χ1) is 53.2. The molecule has 5 aliphatic carbocycles. The van der Waals surface area contributed by atoms with Gasteiger partial charge in [0.15, 0.2) is 43.7 Å². The largest absolute Gasteiger partial charge is 0.481 e. The molecular weight excluding hydrogens is 1500 g/mol. The third-order valence-corrected chi connectivity index (χ3v) is 27.6. The molecule has 2 amide bonds. The fraction of sp³-hybridized carbons (Fsp3) is 0.908. The number of aliphatic hydroxyl groups is 16. The average Bonchev–Trinajstić information content (AvgIpc) is 0.671. The van der Waals surface area contributed by atoms with Crippen LogP contribution < -0.4 is 10.6 Å². The number of allylic oxidation sites excluding steroid dienone is 1. The molecule has 11 aliphatic rings. The van der Waals surface area contributed by atoms with E-state index in [0.717, 1.165) is 44.0 Å². The van der Waals surface area contributed by atoms with Crippen LogP contribution in [0.2, 0.25) is 0 Å². The molecule has 6 heterocycles. The van der Waals surface area contributed by atoms with E-state index in [4.69, 9.17) is 61.9 Å². The molecule has 0 aromatic carbocycles. The van der Waals surface area contributed by atoms with Crippen LogP contribution in [0, 0.1) is 44.8 Å². The molecule has 37 nitrogen and oxygen atoms in total. The number of carboxylic acids is 2. The molecule has 0 aromatic rings. The van der Waals surface area contributed by atoms with Gasteiger partial charge in [-0.05, 0) is 111 Å². The van der Waals surface area contributed by atoms with Gasteiger partial charge in [0.25, 0.3) is 0 Å². The van der Waals surface area contributed by atoms with Crippen molar-refractivity contribution in [3.8, 4) is 0 Å². The van der Waals surface area contributed by atoms with Gasteiger partial charge in [0.2, 0.25) is 12.2 Å². The van der Waals surface area contributed by atoms with E-state index < -0.39 is 274 Å². The Morgan fingerprint density at radius 2 is 1.09 bits per heavy atom. The number of nitrogens with one attached hydrogen (secondary N) is 2. The zero-order valence-corrected chi connectivity index (χ0v) is 65.0. The second kappa shape index (κ2) is 36.1. The monoisotopic (exact) mass is 1620 g/mol. The number of ether oxygens (including phenoxy) is 12. The lowest BCUT2D eigenvalue weighted by atomic mass is 9.34. The van der Waals surface area contributed by atoms with Crippen LogP contribution in [0.15, 0.2) is 11.6 Å². The van der Waals surface area contributed by atoms with E-state index in [0.29, 0.717) is 57.8 Å². The highest BCUT2D eigenvalue weighted by Crippen LogP contribution is 2.75. The summed E-state index contributed by atoms with van der Waals surface area (Å²) >= 11 is 0. The van der Waals surface area contributed by atoms with E-state index in [9.17, 15) is 106 Å². The number of aliphatic hydroxyl groups excluding tert-OH is 16. The first kappa shape index (κ1) is 89.8. The summed E-state index contributed by atoms with van der Waals surface area (Å²) in [7, 11) is 0. The van der Waals surface area contributed by atoms with Crippen LogP contribution in [0.3, 0.4) is 0 Å². The number of aldehydes is 1. The van der Waals surface area contributed by atoms with Crippen LogP contribution in [-0.2, 0) is 76.0 Å². The van der Waals surface area contributed by atoms with Crippen molar-refractivity contribution < 1.29 is 173 Å². The van der Waals surface area contributed by atoms with Gasteiger partial charge in [-0.25, -0.2) is 9.59 Å². The van der Waals surface area contributed by atoms with Gasteiger partial charge in [0.05, 0.1) is 61.7 Å². The minimum absolute atomic E-state index is 0.0118. The number of rotatable bonds is 28. The number of unbranched alkanes of at least 4 members (excludes halogenated alkanes) is 7. The normalized spacial score (nSPS) is 48.4. The SMILES string of the molecule is CC1O[C@@H](OC2C(O)[C@@H](NC(=O)CCCCCCCCCCC(=O)O)C(CO)O[C@@H]2OC(=O)N[C@]23CCC(C)(C)CC2C2=CCC4C5(C)CC[C@H](O[C@@H]6OC(C(=O)O)[C@@H](O)[C@H](O[C@@H]7OC[C@@H](O)[C@@H](O)C7O)C6O[C@@H]6OC(CO)[C@H](O)[C@H](O)C6O)[C@](C)(C=O)[C@@H]5CCC4(C)[C@]2(C)CC3O)C(O)C(O)[C@H]1O[C@@H]1OC[C@@H](O)C(O)C1O. The first-order valence-electron chi connectivity index (χ1n) is 40.0. The summed E-state index contributed by atoms with van der Waals surface area (Å²) in [5.41, 5.74) is -4.44. The predicted octanol–water partition coefficient (Wildman–Crippen LogP) is -2.79. The highest BCUT2D eigenvalue weighted by Gasteiger charge is 2.72. The lowest BCUT2D eigenvalue weighted by molar-refractivity contribution is -0.391. The van der Waals surface area contributed by atoms with E-state index in [-0.39, 0.29) is 43.4 Å². The van der Waals surface area contributed by atoms with Gasteiger partial charge in [-0.3, -0.25) is 9.59 Å². The van der Waals surface area contributed by atoms with Gasteiger partial charge in [0, 0.05) is 18.8 Å². The number of hydrogen-bond donors (Lipinski definition) is 20. The highest BCUT2D eigenvalue weighted by atomic mass is 16.8. The Hall–Kier alpha value is -3.99. The van der Waals surface area contributed by atoms with Gasteiger partial charge in [-0.1, -0.05) is 91.7 Å². The number of aliphatic carboxylic acids is 2. The zero-order valence-electron chi connectivity index (χ0n) is 65.0. The number of amides is 2. The summed E-state index contributed by atoms with van der Waals surface area (Å²) in [6.07, 6.45) is -41.1. The molecule has 18 unspecified atom stereocenters. The lowest BCUT2D eigenvalue weighted by Crippen LogP contribution is -2.73. The molecule has 646 valence electrons. The summed E-state index contributed by atoms with van der Waals surface area (Å²) in [6, 6.07) is -1.46. The fourth-order valence-electron chi connectivity index (χ4n) is 20.9. The van der Waals surface area contributed by atoms with Crippen molar-refractivity contribution >= 4 is 30.2 Å². The molecule has 0 aromatic heterocycles. The van der Waals surface area contributed by atoms with Crippen molar-refractivity contribution in [1.82, 2.24) is 10.6 Å². The molecule has 20 N–H and O–H groups in total. The van der Waals surface area contributed by atoms with E-state index in [1.165, 1.54) is 6.92 Å². The molecule has 38 atom stereocenters. The second-order valence-corrected chi connectivity index (χ2v) is 35.2. The Labute approximate surface area is 654 Å². The molecule has 11 rings (SSSR count). The molecule has 0 spiro atoms. The Balaban J connectivity index is 0.834. The second-order valence-electron chi connectivity index (χ2n) is 35.2. The van der Waals surface area contributed by atoms with Crippen molar-refractivity contribution in [1.29, 1.82) is 0 Å². The Morgan fingerprint density at radius 3 is 1.69 bits per heavy atom. The number of hydrogen-bond acceptors (Lipinski definition) is 33. The molecule has 0 radical (unpaired) electrons. The van der Waals surface area contributed by atoms with Crippen LogP contribution in [-0.4, -0.2) is 338 Å². The van der Waals surface area contributed by atoms with Crippen molar-refractivity contribution in [2.75, 3.05) is 26.4 Å². The van der Waals surface area contributed by atoms with Gasteiger partial charge in [-0.15, -0.1) is 0 Å².